The summed E-state index contributed by atoms with van der Waals surface area (Å²) in [5, 5.41) is 50.2. The van der Waals surface area contributed by atoms with Gasteiger partial charge in [-0.25, -0.2) is 4.79 Å². The molecular formula is C33H42N4O8. The van der Waals surface area contributed by atoms with Crippen LogP contribution in [0.25, 0.3) is 0 Å². The summed E-state index contributed by atoms with van der Waals surface area (Å²) in [5.41, 5.74) is 5.16. The van der Waals surface area contributed by atoms with E-state index in [-0.39, 0.29) is 61.9 Å². The Bertz CT molecular complexity index is 1580. The first-order valence-electron chi connectivity index (χ1n) is 15.4. The molecule has 1 aromatic heterocycles. The van der Waals surface area contributed by atoms with Crippen molar-refractivity contribution in [3.8, 4) is 0 Å². The van der Waals surface area contributed by atoms with Crippen molar-refractivity contribution < 1.29 is 39.6 Å². The van der Waals surface area contributed by atoms with E-state index in [4.69, 9.17) is 0 Å². The number of amides is 1. The molecule has 1 saturated carbocycles. The highest BCUT2D eigenvalue weighted by molar-refractivity contribution is 5.98. The van der Waals surface area contributed by atoms with Gasteiger partial charge in [0, 0.05) is 71.1 Å². The van der Waals surface area contributed by atoms with Crippen molar-refractivity contribution in [1.82, 2.24) is 20.9 Å². The van der Waals surface area contributed by atoms with Gasteiger partial charge in [0.15, 0.2) is 5.72 Å². The van der Waals surface area contributed by atoms with Gasteiger partial charge in [-0.3, -0.25) is 14.4 Å². The average Bonchev–Trinajstić information content (AvgIpc) is 3.72. The number of aliphatic hydroxyl groups excluding tert-OH is 1. The monoisotopic (exact) mass is 622 g/mol. The van der Waals surface area contributed by atoms with E-state index in [1.54, 1.807) is 13.8 Å². The van der Waals surface area contributed by atoms with Crippen LogP contribution in [0.3, 0.4) is 0 Å². The maximum atomic E-state index is 13.4. The number of aromatic nitrogens is 1. The van der Waals surface area contributed by atoms with Crippen LogP contribution in [0.5, 0.6) is 0 Å². The minimum atomic E-state index is -1.68. The fourth-order valence-electron chi connectivity index (χ4n) is 7.90. The molecule has 45 heavy (non-hydrogen) atoms. The molecule has 3 unspecified atom stereocenters. The van der Waals surface area contributed by atoms with E-state index in [1.807, 2.05) is 13.8 Å². The lowest BCUT2D eigenvalue weighted by atomic mass is 9.85. The molecule has 1 aliphatic carbocycles. The van der Waals surface area contributed by atoms with Gasteiger partial charge in [0.05, 0.1) is 18.6 Å². The predicted octanol–water partition coefficient (Wildman–Crippen LogP) is 1.74. The molecule has 242 valence electrons. The number of carbonyl (C=O) groups is 4. The van der Waals surface area contributed by atoms with Crippen LogP contribution in [0, 0.1) is 17.8 Å². The molecule has 0 radical (unpaired) electrons. The Morgan fingerprint density at radius 1 is 1.11 bits per heavy atom. The maximum absolute atomic E-state index is 13.4. The number of aliphatic hydroxyl groups is 2. The lowest BCUT2D eigenvalue weighted by Gasteiger charge is -2.25. The van der Waals surface area contributed by atoms with Crippen molar-refractivity contribution in [3.63, 3.8) is 0 Å². The highest BCUT2D eigenvalue weighted by Gasteiger charge is 2.50. The number of aliphatic carboxylic acids is 2. The molecule has 8 N–H and O–H groups in total. The van der Waals surface area contributed by atoms with E-state index in [2.05, 4.69) is 27.5 Å². The molecule has 5 rings (SSSR count). The summed E-state index contributed by atoms with van der Waals surface area (Å²) in [6.07, 6.45) is 2.75. The number of carboxylic acids is 2. The number of hydrogen-bond donors (Lipinski definition) is 8. The number of ketones is 1. The zero-order valence-corrected chi connectivity index (χ0v) is 26.0. The van der Waals surface area contributed by atoms with Crippen LogP contribution in [0.4, 0.5) is 0 Å². The number of allylic oxidation sites excluding steroid dienone is 2. The van der Waals surface area contributed by atoms with Gasteiger partial charge in [0.25, 0.3) is 0 Å². The Kier molecular flexibility index (Phi) is 8.58. The highest BCUT2D eigenvalue weighted by atomic mass is 16.4. The van der Waals surface area contributed by atoms with Crippen LogP contribution in [0.2, 0.25) is 0 Å². The molecule has 12 nitrogen and oxygen atoms in total. The molecule has 0 aromatic carbocycles. The van der Waals surface area contributed by atoms with Gasteiger partial charge in [-0.05, 0) is 49.3 Å². The number of carbonyl (C=O) groups excluding carboxylic acids is 2. The molecule has 1 amide bonds. The minimum absolute atomic E-state index is 0.00189. The summed E-state index contributed by atoms with van der Waals surface area (Å²) in [6.45, 7) is 10.8. The molecule has 0 spiro atoms. The smallest absolute Gasteiger partial charge is 0.326 e. The molecule has 12 heteroatoms. The van der Waals surface area contributed by atoms with Crippen molar-refractivity contribution in [2.75, 3.05) is 0 Å². The van der Waals surface area contributed by atoms with Crippen molar-refractivity contribution >= 4 is 23.6 Å². The Morgan fingerprint density at radius 3 is 2.42 bits per heavy atom. The third-order valence-electron chi connectivity index (χ3n) is 10.2. The van der Waals surface area contributed by atoms with Crippen LogP contribution >= 0.6 is 0 Å². The summed E-state index contributed by atoms with van der Waals surface area (Å²) in [4.78, 5) is 52.6. The Hall–Kier alpha value is -4.16. The second-order valence-electron chi connectivity index (χ2n) is 12.7. The normalized spacial score (nSPS) is 30.9. The molecule has 2 fully saturated rings. The van der Waals surface area contributed by atoms with E-state index < -0.39 is 29.6 Å². The third-order valence-corrected chi connectivity index (χ3v) is 10.2. The first kappa shape index (κ1) is 32.2. The number of carboxylic acid groups (broad SMARTS) is 2. The zero-order chi connectivity index (χ0) is 33.0. The van der Waals surface area contributed by atoms with Crippen LogP contribution < -0.4 is 16.0 Å². The fourth-order valence-corrected chi connectivity index (χ4v) is 7.90. The van der Waals surface area contributed by atoms with Gasteiger partial charge >= 0.3 is 11.9 Å². The first-order valence-corrected chi connectivity index (χ1v) is 15.4. The van der Waals surface area contributed by atoms with Gasteiger partial charge in [0.2, 0.25) is 5.91 Å². The van der Waals surface area contributed by atoms with Crippen LogP contribution in [-0.4, -0.2) is 66.8 Å². The number of H-pyrrole nitrogens is 1. The third kappa shape index (κ3) is 5.39. The predicted molar refractivity (Wildman–Crippen MR) is 163 cm³/mol. The van der Waals surface area contributed by atoms with Gasteiger partial charge < -0.3 is 41.4 Å². The van der Waals surface area contributed by atoms with Crippen molar-refractivity contribution in [3.05, 3.63) is 68.9 Å². The Balaban J connectivity index is 1.46. The average molecular weight is 623 g/mol. The highest BCUT2D eigenvalue weighted by Crippen LogP contribution is 2.45. The zero-order valence-electron chi connectivity index (χ0n) is 26.0. The molecule has 0 bridgehead atoms. The second-order valence-corrected chi connectivity index (χ2v) is 12.7. The SMILES string of the molecule is C=CC1=C(C)C(=O)NC1(O)Cc1[nH]c(CC2=C(C)C3C(=O)C/C(=C4\N[C@H](C(=O)O)[C@@H](C)[C@@H]4CCC(=O)O)C3N2)c(CC)c1CO. The second kappa shape index (κ2) is 12.0. The largest absolute Gasteiger partial charge is 0.481 e. The van der Waals surface area contributed by atoms with Gasteiger partial charge in [-0.2, -0.15) is 0 Å². The van der Waals surface area contributed by atoms with Crippen LogP contribution in [-0.2, 0) is 45.0 Å². The number of Topliss-reactive ketones (excluding diaryl/α,β-unsaturated/α-hetero) is 1. The number of rotatable bonds is 11. The summed E-state index contributed by atoms with van der Waals surface area (Å²) in [5.74, 6) is -3.46. The van der Waals surface area contributed by atoms with Gasteiger partial charge in [-0.1, -0.05) is 26.5 Å². The summed E-state index contributed by atoms with van der Waals surface area (Å²) in [7, 11) is 0. The number of nitrogens with one attached hydrogen (secondary N) is 4. The summed E-state index contributed by atoms with van der Waals surface area (Å²) in [6, 6.07) is -1.26. The molecule has 4 aliphatic rings. The first-order chi connectivity index (χ1) is 21.3. The van der Waals surface area contributed by atoms with Gasteiger partial charge in [0.1, 0.15) is 11.8 Å². The van der Waals surface area contributed by atoms with Crippen LogP contribution in [0.15, 0.2) is 46.3 Å². The molecule has 4 heterocycles. The maximum Gasteiger partial charge on any atom is 0.326 e. The molecule has 6 atom stereocenters. The quantitative estimate of drug-likeness (QED) is 0.180. The van der Waals surface area contributed by atoms with Crippen molar-refractivity contribution in [2.24, 2.45) is 17.8 Å². The Labute approximate surface area is 261 Å². The van der Waals surface area contributed by atoms with E-state index in [0.29, 0.717) is 40.9 Å². The van der Waals surface area contributed by atoms with Crippen molar-refractivity contribution in [1.29, 1.82) is 0 Å². The topological polar surface area (TPSA) is 201 Å². The van der Waals surface area contributed by atoms with E-state index in [1.165, 1.54) is 6.08 Å². The lowest BCUT2D eigenvalue weighted by molar-refractivity contribution is -0.140. The van der Waals surface area contributed by atoms with E-state index >= 15 is 0 Å². The molecular weight excluding hydrogens is 580 g/mol. The van der Waals surface area contributed by atoms with E-state index in [0.717, 1.165) is 28.1 Å². The minimum Gasteiger partial charge on any atom is -0.481 e. The molecule has 1 saturated heterocycles. The number of fused-ring (bicyclic) bond motifs is 1. The summed E-state index contributed by atoms with van der Waals surface area (Å²) < 4.78 is 0. The molecule has 3 aliphatic heterocycles. The van der Waals surface area contributed by atoms with Crippen LogP contribution in [0.1, 0.15) is 69.5 Å². The van der Waals surface area contributed by atoms with Crippen molar-refractivity contribution in [2.45, 2.75) is 90.6 Å². The fraction of sp³-hybridized carbons (Fsp3) is 0.515. The molecule has 1 aromatic rings. The number of hydrogen-bond acceptors (Lipinski definition) is 8. The van der Waals surface area contributed by atoms with Gasteiger partial charge in [-0.15, -0.1) is 0 Å². The summed E-state index contributed by atoms with van der Waals surface area (Å²) >= 11 is 0. The number of aromatic amines is 1. The lowest BCUT2D eigenvalue weighted by Crippen LogP contribution is -2.46. The van der Waals surface area contributed by atoms with E-state index in [9.17, 15) is 39.6 Å². The Morgan fingerprint density at radius 2 is 1.82 bits per heavy atom. The standard InChI is InChI=1S/C33H42N4O8/c1-6-17-20(13-38)24(12-33(45)21(7-2)15(4)31(42)37-33)34-23(17)11-22-16(5)27-25(39)10-19(30(27)35-22)29-18(8-9-26(40)41)14(3)28(36-29)32(43)44/h7,14,18,27-28,30,34-36,38,45H,2,6,8-13H2,1,3-5H3,(H,37,42)(H,40,41)(H,43,44)/b29-19+/t14-,18-,27?,28-,30?,33?/m0/s1.